The first-order valence-electron chi connectivity index (χ1n) is 7.46. The van der Waals surface area contributed by atoms with Gasteiger partial charge in [-0.05, 0) is 31.2 Å². The molecule has 7 heteroatoms. The van der Waals surface area contributed by atoms with Crippen LogP contribution in [0.5, 0.6) is 0 Å². The molecule has 3 aromatic rings. The lowest BCUT2D eigenvalue weighted by Gasteiger charge is -2.11. The SMILES string of the molecule is C/C=C\C=C(/NC)c1nc(Nc2ccncc2F)c2cccn2n1. The summed E-state index contributed by atoms with van der Waals surface area (Å²) in [5.41, 5.74) is 1.81. The molecule has 3 rings (SSSR count). The molecular formula is C17H17FN6. The molecule has 3 aromatic heterocycles. The third-order valence-corrected chi connectivity index (χ3v) is 3.38. The summed E-state index contributed by atoms with van der Waals surface area (Å²) in [5.74, 6) is 0.564. The van der Waals surface area contributed by atoms with Crippen LogP contribution in [-0.2, 0) is 0 Å². The monoisotopic (exact) mass is 324 g/mol. The number of aromatic nitrogens is 4. The summed E-state index contributed by atoms with van der Waals surface area (Å²) in [6.07, 6.45) is 10.2. The van der Waals surface area contributed by atoms with Crippen LogP contribution in [0.15, 0.2) is 55.0 Å². The van der Waals surface area contributed by atoms with Gasteiger partial charge in [-0.3, -0.25) is 4.98 Å². The van der Waals surface area contributed by atoms with Gasteiger partial charge < -0.3 is 10.6 Å². The van der Waals surface area contributed by atoms with E-state index in [2.05, 4.69) is 25.7 Å². The van der Waals surface area contributed by atoms with Gasteiger partial charge in [0.1, 0.15) is 5.52 Å². The standard InChI is InChI=1S/C17H17FN6/c1-3-4-6-14(19-2)16-22-17(15-7-5-10-24(15)23-16)21-13-8-9-20-11-12(13)18/h3-11,19H,1-2H3,(H,20,21,22,23)/b4-3-,14-6-. The van der Waals surface area contributed by atoms with Crippen molar-refractivity contribution in [2.45, 2.75) is 6.92 Å². The molecule has 0 bridgehead atoms. The maximum Gasteiger partial charge on any atom is 0.198 e. The Labute approximate surface area is 138 Å². The molecule has 0 aliphatic heterocycles. The lowest BCUT2D eigenvalue weighted by Crippen LogP contribution is -2.12. The number of rotatable bonds is 5. The van der Waals surface area contributed by atoms with Gasteiger partial charge in [-0.15, -0.1) is 5.10 Å². The number of halogens is 1. The van der Waals surface area contributed by atoms with E-state index in [4.69, 9.17) is 0 Å². The van der Waals surface area contributed by atoms with Gasteiger partial charge in [0.2, 0.25) is 0 Å². The lowest BCUT2D eigenvalue weighted by atomic mass is 10.3. The molecule has 0 unspecified atom stereocenters. The molecular weight excluding hydrogens is 307 g/mol. The van der Waals surface area contributed by atoms with Crippen molar-refractivity contribution >= 4 is 22.7 Å². The zero-order valence-corrected chi connectivity index (χ0v) is 13.4. The van der Waals surface area contributed by atoms with Crippen molar-refractivity contribution in [1.82, 2.24) is 24.9 Å². The van der Waals surface area contributed by atoms with Crippen LogP contribution in [0.3, 0.4) is 0 Å². The number of hydrogen-bond acceptors (Lipinski definition) is 5. The van der Waals surface area contributed by atoms with Gasteiger partial charge >= 0.3 is 0 Å². The first-order valence-corrected chi connectivity index (χ1v) is 7.46. The number of hydrogen-bond donors (Lipinski definition) is 2. The van der Waals surface area contributed by atoms with Crippen molar-refractivity contribution in [1.29, 1.82) is 0 Å². The lowest BCUT2D eigenvalue weighted by molar-refractivity contribution is 0.625. The molecule has 0 aromatic carbocycles. The summed E-state index contributed by atoms with van der Waals surface area (Å²) in [6, 6.07) is 5.28. The topological polar surface area (TPSA) is 67.1 Å². The summed E-state index contributed by atoms with van der Waals surface area (Å²) in [4.78, 5) is 8.29. The van der Waals surface area contributed by atoms with E-state index in [0.29, 0.717) is 17.3 Å². The first kappa shape index (κ1) is 15.7. The van der Waals surface area contributed by atoms with Crippen molar-refractivity contribution in [3.63, 3.8) is 0 Å². The Bertz CT molecular complexity index is 912. The van der Waals surface area contributed by atoms with Crippen LogP contribution in [0.4, 0.5) is 15.9 Å². The van der Waals surface area contributed by atoms with E-state index >= 15 is 0 Å². The van der Waals surface area contributed by atoms with E-state index < -0.39 is 5.82 Å². The molecule has 122 valence electrons. The van der Waals surface area contributed by atoms with Crippen LogP contribution in [-0.4, -0.2) is 26.6 Å². The molecule has 0 aliphatic carbocycles. The molecule has 24 heavy (non-hydrogen) atoms. The minimum Gasteiger partial charge on any atom is -0.385 e. The largest absolute Gasteiger partial charge is 0.385 e. The van der Waals surface area contributed by atoms with Gasteiger partial charge in [-0.1, -0.05) is 12.2 Å². The Morgan fingerprint density at radius 3 is 2.96 bits per heavy atom. The number of pyridine rings is 1. The summed E-state index contributed by atoms with van der Waals surface area (Å²) in [7, 11) is 1.80. The Morgan fingerprint density at radius 1 is 1.33 bits per heavy atom. The maximum absolute atomic E-state index is 13.9. The van der Waals surface area contributed by atoms with Gasteiger partial charge in [-0.25, -0.2) is 13.9 Å². The minimum absolute atomic E-state index is 0.307. The molecule has 6 nitrogen and oxygen atoms in total. The Morgan fingerprint density at radius 2 is 2.21 bits per heavy atom. The number of anilines is 2. The van der Waals surface area contributed by atoms with Gasteiger partial charge in [0.25, 0.3) is 0 Å². The fourth-order valence-electron chi connectivity index (χ4n) is 2.21. The van der Waals surface area contributed by atoms with Crippen LogP contribution in [0.25, 0.3) is 11.2 Å². The second-order valence-electron chi connectivity index (χ2n) is 4.96. The average Bonchev–Trinajstić information content (AvgIpc) is 3.06. The molecule has 0 fully saturated rings. The molecule has 0 atom stereocenters. The van der Waals surface area contributed by atoms with Crippen LogP contribution in [0, 0.1) is 5.82 Å². The Kier molecular flexibility index (Phi) is 4.51. The molecule has 3 heterocycles. The van der Waals surface area contributed by atoms with Crippen LogP contribution < -0.4 is 10.6 Å². The normalized spacial score (nSPS) is 12.0. The van der Waals surface area contributed by atoms with Crippen molar-refractivity contribution in [2.24, 2.45) is 0 Å². The van der Waals surface area contributed by atoms with Crippen LogP contribution in [0.2, 0.25) is 0 Å². The summed E-state index contributed by atoms with van der Waals surface area (Å²) < 4.78 is 15.6. The van der Waals surface area contributed by atoms with Crippen molar-refractivity contribution in [3.05, 3.63) is 66.7 Å². The fourth-order valence-corrected chi connectivity index (χ4v) is 2.21. The van der Waals surface area contributed by atoms with Crippen molar-refractivity contribution in [2.75, 3.05) is 12.4 Å². The van der Waals surface area contributed by atoms with Crippen LogP contribution >= 0.6 is 0 Å². The third-order valence-electron chi connectivity index (χ3n) is 3.38. The molecule has 0 saturated heterocycles. The second kappa shape index (κ2) is 6.91. The maximum atomic E-state index is 13.9. The van der Waals surface area contributed by atoms with E-state index in [0.717, 1.165) is 17.4 Å². The van der Waals surface area contributed by atoms with Crippen LogP contribution in [0.1, 0.15) is 12.7 Å². The molecule has 0 aliphatic rings. The highest BCUT2D eigenvalue weighted by Crippen LogP contribution is 2.22. The molecule has 2 N–H and O–H groups in total. The quantitative estimate of drug-likeness (QED) is 0.706. The highest BCUT2D eigenvalue weighted by Gasteiger charge is 2.12. The molecule has 0 spiro atoms. The van der Waals surface area contributed by atoms with E-state index in [1.807, 2.05) is 43.5 Å². The van der Waals surface area contributed by atoms with E-state index in [1.54, 1.807) is 17.6 Å². The number of fused-ring (bicyclic) bond motifs is 1. The zero-order valence-electron chi connectivity index (χ0n) is 13.4. The summed E-state index contributed by atoms with van der Waals surface area (Å²) in [5, 5.41) is 10.6. The predicted molar refractivity (Wildman–Crippen MR) is 92.3 cm³/mol. The predicted octanol–water partition coefficient (Wildman–Crippen LogP) is 3.14. The van der Waals surface area contributed by atoms with Gasteiger partial charge in [-0.2, -0.15) is 0 Å². The molecule has 0 radical (unpaired) electrons. The summed E-state index contributed by atoms with van der Waals surface area (Å²) in [6.45, 7) is 1.93. The van der Waals surface area contributed by atoms with Gasteiger partial charge in [0, 0.05) is 19.4 Å². The zero-order chi connectivity index (χ0) is 16.9. The smallest absolute Gasteiger partial charge is 0.198 e. The highest BCUT2D eigenvalue weighted by atomic mass is 19.1. The average molecular weight is 324 g/mol. The van der Waals surface area contributed by atoms with Gasteiger partial charge in [0.15, 0.2) is 17.5 Å². The Hall–Kier alpha value is -3.22. The first-order chi connectivity index (χ1) is 11.7. The molecule has 0 amide bonds. The van der Waals surface area contributed by atoms with Crippen molar-refractivity contribution < 1.29 is 4.39 Å². The Balaban J connectivity index is 2.10. The number of nitrogens with one attached hydrogen (secondary N) is 2. The summed E-state index contributed by atoms with van der Waals surface area (Å²) >= 11 is 0. The highest BCUT2D eigenvalue weighted by molar-refractivity contribution is 5.75. The number of nitrogens with zero attached hydrogens (tertiary/aromatic N) is 4. The third kappa shape index (κ3) is 3.10. The van der Waals surface area contributed by atoms with Gasteiger partial charge in [0.05, 0.1) is 17.6 Å². The second-order valence-corrected chi connectivity index (χ2v) is 4.96. The number of allylic oxidation sites excluding steroid dienone is 3. The van der Waals surface area contributed by atoms with E-state index in [1.165, 1.54) is 6.20 Å². The van der Waals surface area contributed by atoms with Crippen molar-refractivity contribution in [3.8, 4) is 0 Å². The fraction of sp³-hybridized carbons (Fsp3) is 0.118. The van der Waals surface area contributed by atoms with E-state index in [9.17, 15) is 4.39 Å². The molecule has 0 saturated carbocycles. The van der Waals surface area contributed by atoms with E-state index in [-0.39, 0.29) is 0 Å². The minimum atomic E-state index is -0.444.